The lowest BCUT2D eigenvalue weighted by atomic mass is 10.0. The first-order chi connectivity index (χ1) is 11.6. The first kappa shape index (κ1) is 15.6. The van der Waals surface area contributed by atoms with Crippen LogP contribution in [0.3, 0.4) is 0 Å². The van der Waals surface area contributed by atoms with Gasteiger partial charge in [-0.05, 0) is 36.4 Å². The highest BCUT2D eigenvalue weighted by Gasteiger charge is 2.20. The van der Waals surface area contributed by atoms with Crippen molar-refractivity contribution in [2.75, 3.05) is 14.2 Å². The Hall–Kier alpha value is -3.28. The molecule has 0 unspecified atom stereocenters. The number of fused-ring (bicyclic) bond motifs is 1. The molecule has 0 aliphatic heterocycles. The molecule has 1 N–H and O–H groups in total. The number of methoxy groups -OCH3 is 2. The molecule has 0 fully saturated rings. The first-order valence-electron chi connectivity index (χ1n) is 7.17. The van der Waals surface area contributed by atoms with Gasteiger partial charge in [-0.15, -0.1) is 0 Å². The Morgan fingerprint density at radius 3 is 2.50 bits per heavy atom. The third kappa shape index (κ3) is 2.48. The minimum atomic E-state index is -1.06. The topological polar surface area (TPSA) is 77.2 Å². The molecule has 3 aromatic rings. The molecule has 2 aromatic heterocycles. The van der Waals surface area contributed by atoms with E-state index < -0.39 is 11.9 Å². The summed E-state index contributed by atoms with van der Waals surface area (Å²) in [6, 6.07) is 11.7. The number of hydrogen-bond donors (Lipinski definition) is 1. The summed E-state index contributed by atoms with van der Waals surface area (Å²) >= 11 is 0. The molecular formula is C18H15NO5. The van der Waals surface area contributed by atoms with Crippen molar-refractivity contribution < 1.29 is 24.2 Å². The second kappa shape index (κ2) is 6.08. The Morgan fingerprint density at radius 1 is 1.04 bits per heavy atom. The predicted octanol–water partition coefficient (Wildman–Crippen LogP) is 3.10. The number of nitrogens with zero attached hydrogens (tertiary/aromatic N) is 1. The van der Waals surface area contributed by atoms with E-state index in [1.807, 2.05) is 0 Å². The normalized spacial score (nSPS) is 10.6. The highest BCUT2D eigenvalue weighted by molar-refractivity contribution is 6.02. The minimum Gasteiger partial charge on any atom is -0.497 e. The van der Waals surface area contributed by atoms with E-state index in [0.717, 1.165) is 0 Å². The summed E-state index contributed by atoms with van der Waals surface area (Å²) in [5.74, 6) is -1.01. The molecule has 0 aliphatic carbocycles. The van der Waals surface area contributed by atoms with E-state index in [2.05, 4.69) is 0 Å². The number of aromatic carboxylic acids is 1. The number of hydrogen-bond acceptors (Lipinski definition) is 4. The van der Waals surface area contributed by atoms with Crippen molar-refractivity contribution in [3.05, 3.63) is 59.8 Å². The van der Waals surface area contributed by atoms with Gasteiger partial charge in [-0.3, -0.25) is 0 Å². The Bertz CT molecular complexity index is 942. The van der Waals surface area contributed by atoms with Crippen LogP contribution in [0.15, 0.2) is 48.7 Å². The Morgan fingerprint density at radius 2 is 1.83 bits per heavy atom. The SMILES string of the molecule is COC(=O)c1cc(-c2cc(OC)ccc2C(=O)O)n2ccccc12. The molecule has 24 heavy (non-hydrogen) atoms. The maximum Gasteiger partial charge on any atom is 0.340 e. The van der Waals surface area contributed by atoms with Crippen LogP contribution in [-0.4, -0.2) is 35.7 Å². The number of carboxylic acid groups (broad SMARTS) is 1. The lowest BCUT2D eigenvalue weighted by Gasteiger charge is -2.09. The van der Waals surface area contributed by atoms with Gasteiger partial charge in [0.2, 0.25) is 0 Å². The molecule has 0 radical (unpaired) electrons. The van der Waals surface area contributed by atoms with Gasteiger partial charge < -0.3 is 19.0 Å². The summed E-state index contributed by atoms with van der Waals surface area (Å²) in [5, 5.41) is 9.48. The largest absolute Gasteiger partial charge is 0.497 e. The van der Waals surface area contributed by atoms with Crippen molar-refractivity contribution in [3.63, 3.8) is 0 Å². The standard InChI is InChI=1S/C18H15NO5/c1-23-11-6-7-12(17(20)21)13(9-11)16-10-14(18(22)24-2)15-5-3-4-8-19(15)16/h3-10H,1-2H3,(H,20,21). The number of benzene rings is 1. The maximum atomic E-state index is 12.0. The fourth-order valence-electron chi connectivity index (χ4n) is 2.68. The molecule has 0 bridgehead atoms. The van der Waals surface area contributed by atoms with E-state index >= 15 is 0 Å². The van der Waals surface area contributed by atoms with Gasteiger partial charge in [-0.25, -0.2) is 9.59 Å². The maximum absolute atomic E-state index is 12.0. The number of carbonyl (C=O) groups excluding carboxylic acids is 1. The molecule has 1 aromatic carbocycles. The second-order valence-electron chi connectivity index (χ2n) is 5.11. The number of aromatic nitrogens is 1. The van der Waals surface area contributed by atoms with Gasteiger partial charge in [-0.2, -0.15) is 0 Å². The number of carbonyl (C=O) groups is 2. The van der Waals surface area contributed by atoms with Crippen molar-refractivity contribution in [1.82, 2.24) is 4.40 Å². The van der Waals surface area contributed by atoms with Crippen LogP contribution in [-0.2, 0) is 4.74 Å². The van der Waals surface area contributed by atoms with Crippen LogP contribution >= 0.6 is 0 Å². The Labute approximate surface area is 137 Å². The quantitative estimate of drug-likeness (QED) is 0.746. The summed E-state index contributed by atoms with van der Waals surface area (Å²) < 4.78 is 11.8. The van der Waals surface area contributed by atoms with E-state index in [1.165, 1.54) is 20.3 Å². The third-order valence-electron chi connectivity index (χ3n) is 3.81. The zero-order chi connectivity index (χ0) is 17.3. The number of esters is 1. The molecule has 0 atom stereocenters. The lowest BCUT2D eigenvalue weighted by Crippen LogP contribution is -2.01. The van der Waals surface area contributed by atoms with Crippen LogP contribution in [0.2, 0.25) is 0 Å². The van der Waals surface area contributed by atoms with Crippen molar-refractivity contribution in [3.8, 4) is 17.0 Å². The number of carboxylic acids is 1. The fourth-order valence-corrected chi connectivity index (χ4v) is 2.68. The van der Waals surface area contributed by atoms with Crippen molar-refractivity contribution >= 4 is 17.5 Å². The van der Waals surface area contributed by atoms with Gasteiger partial charge >= 0.3 is 11.9 Å². The van der Waals surface area contributed by atoms with E-state index in [1.54, 1.807) is 47.0 Å². The lowest BCUT2D eigenvalue weighted by molar-refractivity contribution is 0.0602. The van der Waals surface area contributed by atoms with Crippen molar-refractivity contribution in [2.45, 2.75) is 0 Å². The van der Waals surface area contributed by atoms with Gasteiger partial charge in [-0.1, -0.05) is 6.07 Å². The molecule has 0 spiro atoms. The first-order valence-corrected chi connectivity index (χ1v) is 7.17. The van der Waals surface area contributed by atoms with E-state index in [-0.39, 0.29) is 5.56 Å². The van der Waals surface area contributed by atoms with Crippen LogP contribution < -0.4 is 4.74 Å². The molecule has 0 saturated carbocycles. The fraction of sp³-hybridized carbons (Fsp3) is 0.111. The summed E-state index contributed by atoms with van der Waals surface area (Å²) in [4.78, 5) is 23.6. The summed E-state index contributed by atoms with van der Waals surface area (Å²) in [7, 11) is 2.82. The summed E-state index contributed by atoms with van der Waals surface area (Å²) in [6.07, 6.45) is 1.77. The number of pyridine rings is 1. The molecule has 6 heteroatoms. The highest BCUT2D eigenvalue weighted by atomic mass is 16.5. The molecule has 6 nitrogen and oxygen atoms in total. The third-order valence-corrected chi connectivity index (χ3v) is 3.81. The number of rotatable bonds is 4. The van der Waals surface area contributed by atoms with E-state index in [4.69, 9.17) is 9.47 Å². The van der Waals surface area contributed by atoms with Gasteiger partial charge in [0.25, 0.3) is 0 Å². The predicted molar refractivity (Wildman–Crippen MR) is 87.7 cm³/mol. The molecule has 122 valence electrons. The monoisotopic (exact) mass is 325 g/mol. The van der Waals surface area contributed by atoms with Crippen LogP contribution in [0, 0.1) is 0 Å². The zero-order valence-corrected chi connectivity index (χ0v) is 13.1. The molecule has 0 saturated heterocycles. The molecular weight excluding hydrogens is 310 g/mol. The van der Waals surface area contributed by atoms with Crippen molar-refractivity contribution in [2.24, 2.45) is 0 Å². The van der Waals surface area contributed by atoms with E-state index in [9.17, 15) is 14.7 Å². The van der Waals surface area contributed by atoms with Gasteiger partial charge in [0.1, 0.15) is 5.75 Å². The average molecular weight is 325 g/mol. The highest BCUT2D eigenvalue weighted by Crippen LogP contribution is 2.32. The Kier molecular flexibility index (Phi) is 3.95. The van der Waals surface area contributed by atoms with Crippen LogP contribution in [0.25, 0.3) is 16.8 Å². The molecule has 3 rings (SSSR count). The molecule has 0 amide bonds. The smallest absolute Gasteiger partial charge is 0.340 e. The number of ether oxygens (including phenoxy) is 2. The average Bonchev–Trinajstić information content (AvgIpc) is 3.00. The Balaban J connectivity index is 2.34. The van der Waals surface area contributed by atoms with Gasteiger partial charge in [0.15, 0.2) is 0 Å². The van der Waals surface area contributed by atoms with E-state index in [0.29, 0.717) is 28.1 Å². The zero-order valence-electron chi connectivity index (χ0n) is 13.1. The van der Waals surface area contributed by atoms with Crippen molar-refractivity contribution in [1.29, 1.82) is 0 Å². The van der Waals surface area contributed by atoms with Crippen LogP contribution in [0.5, 0.6) is 5.75 Å². The molecule has 2 heterocycles. The van der Waals surface area contributed by atoms with Gasteiger partial charge in [0, 0.05) is 11.8 Å². The van der Waals surface area contributed by atoms with Crippen LogP contribution in [0.1, 0.15) is 20.7 Å². The second-order valence-corrected chi connectivity index (χ2v) is 5.11. The van der Waals surface area contributed by atoms with Gasteiger partial charge in [0.05, 0.1) is 36.6 Å². The molecule has 0 aliphatic rings. The summed E-state index contributed by atoms with van der Waals surface area (Å²) in [5.41, 5.74) is 2.15. The summed E-state index contributed by atoms with van der Waals surface area (Å²) in [6.45, 7) is 0. The minimum absolute atomic E-state index is 0.121. The van der Waals surface area contributed by atoms with Crippen LogP contribution in [0.4, 0.5) is 0 Å².